The first-order chi connectivity index (χ1) is 11.7. The number of hydrogen-bond acceptors (Lipinski definition) is 4. The molecule has 3 heterocycles. The molecule has 4 rings (SSSR count). The lowest BCUT2D eigenvalue weighted by Gasteiger charge is -2.06. The highest BCUT2D eigenvalue weighted by atomic mass is 16.5. The monoisotopic (exact) mass is 320 g/mol. The summed E-state index contributed by atoms with van der Waals surface area (Å²) in [5, 5.41) is 5.75. The first-order valence-corrected chi connectivity index (χ1v) is 7.79. The Morgan fingerprint density at radius 2 is 2.00 bits per heavy atom. The molecule has 1 aromatic carbocycles. The number of pyridine rings is 2. The van der Waals surface area contributed by atoms with Gasteiger partial charge in [0.15, 0.2) is 5.82 Å². The number of nitrogens with zero attached hydrogens (tertiary/aromatic N) is 3. The van der Waals surface area contributed by atoms with Gasteiger partial charge in [-0.15, -0.1) is 0 Å². The molecular formula is C18H16N4O2. The lowest BCUT2D eigenvalue weighted by Crippen LogP contribution is -2.06. The van der Waals surface area contributed by atoms with Crippen molar-refractivity contribution in [2.45, 2.75) is 13.8 Å². The molecule has 0 fully saturated rings. The van der Waals surface area contributed by atoms with Crippen LogP contribution < -0.4 is 10.2 Å². The van der Waals surface area contributed by atoms with Crippen LogP contribution in [0.15, 0.2) is 47.3 Å². The Balaban J connectivity index is 2.03. The lowest BCUT2D eigenvalue weighted by atomic mass is 10.1. The van der Waals surface area contributed by atoms with E-state index in [-0.39, 0.29) is 5.43 Å². The van der Waals surface area contributed by atoms with Crippen LogP contribution >= 0.6 is 0 Å². The molecule has 0 aliphatic heterocycles. The standard InChI is InChI=1S/C18H16N4O2/c1-3-24-15-10-6-9-14(20-15)22-18-16(11(2)21-22)17(23)12-7-4-5-8-13(12)19-18/h4-10H,3H2,1-2H3,(H,19,23). The second kappa shape index (κ2) is 5.49. The average Bonchev–Trinajstić information content (AvgIpc) is 2.93. The molecule has 0 saturated heterocycles. The number of benzene rings is 1. The minimum atomic E-state index is -0.0240. The van der Waals surface area contributed by atoms with E-state index in [0.29, 0.717) is 40.4 Å². The summed E-state index contributed by atoms with van der Waals surface area (Å²) >= 11 is 0. The molecule has 0 aliphatic carbocycles. The molecule has 1 N–H and O–H groups in total. The largest absolute Gasteiger partial charge is 0.478 e. The molecular weight excluding hydrogens is 304 g/mol. The van der Waals surface area contributed by atoms with Crippen LogP contribution in [0.1, 0.15) is 12.6 Å². The van der Waals surface area contributed by atoms with Crippen LogP contribution in [0.5, 0.6) is 5.88 Å². The summed E-state index contributed by atoms with van der Waals surface area (Å²) in [5.74, 6) is 1.13. The van der Waals surface area contributed by atoms with E-state index in [9.17, 15) is 4.79 Å². The average molecular weight is 320 g/mol. The Morgan fingerprint density at radius 3 is 2.83 bits per heavy atom. The van der Waals surface area contributed by atoms with Crippen LogP contribution in [0.2, 0.25) is 0 Å². The van der Waals surface area contributed by atoms with Crippen molar-refractivity contribution >= 4 is 21.9 Å². The molecule has 0 amide bonds. The summed E-state index contributed by atoms with van der Waals surface area (Å²) in [7, 11) is 0. The predicted octanol–water partition coefficient (Wildman–Crippen LogP) is 2.97. The third-order valence-electron chi connectivity index (χ3n) is 3.93. The quantitative estimate of drug-likeness (QED) is 0.630. The Bertz CT molecular complexity index is 1110. The van der Waals surface area contributed by atoms with Crippen LogP contribution in [0.4, 0.5) is 0 Å². The van der Waals surface area contributed by atoms with Crippen LogP contribution in [0.25, 0.3) is 27.8 Å². The van der Waals surface area contributed by atoms with Gasteiger partial charge in [0, 0.05) is 11.5 Å². The zero-order valence-electron chi connectivity index (χ0n) is 13.4. The number of hydrogen-bond donors (Lipinski definition) is 1. The van der Waals surface area contributed by atoms with Gasteiger partial charge >= 0.3 is 0 Å². The van der Waals surface area contributed by atoms with E-state index in [1.54, 1.807) is 10.7 Å². The number of H-pyrrole nitrogens is 1. The number of aromatic nitrogens is 4. The fraction of sp³-hybridized carbons (Fsp3) is 0.167. The van der Waals surface area contributed by atoms with E-state index in [1.807, 2.05) is 50.2 Å². The predicted molar refractivity (Wildman–Crippen MR) is 92.9 cm³/mol. The normalized spacial score (nSPS) is 11.2. The second-order valence-corrected chi connectivity index (χ2v) is 5.49. The molecule has 4 aromatic rings. The summed E-state index contributed by atoms with van der Waals surface area (Å²) in [6.45, 7) is 4.28. The number of para-hydroxylation sites is 1. The summed E-state index contributed by atoms with van der Waals surface area (Å²) in [5.41, 5.74) is 2.05. The minimum Gasteiger partial charge on any atom is -0.478 e. The fourth-order valence-electron chi connectivity index (χ4n) is 2.88. The Kier molecular flexibility index (Phi) is 3.30. The van der Waals surface area contributed by atoms with E-state index in [2.05, 4.69) is 15.1 Å². The molecule has 0 aliphatic rings. The van der Waals surface area contributed by atoms with Crippen LogP contribution in [-0.4, -0.2) is 26.4 Å². The molecule has 0 saturated carbocycles. The van der Waals surface area contributed by atoms with E-state index in [0.717, 1.165) is 5.52 Å². The van der Waals surface area contributed by atoms with Gasteiger partial charge in [-0.2, -0.15) is 14.8 Å². The smallest absolute Gasteiger partial charge is 0.215 e. The maximum atomic E-state index is 12.8. The van der Waals surface area contributed by atoms with Crippen molar-refractivity contribution in [3.8, 4) is 11.7 Å². The molecule has 120 valence electrons. The van der Waals surface area contributed by atoms with Crippen molar-refractivity contribution in [1.29, 1.82) is 0 Å². The van der Waals surface area contributed by atoms with Crippen LogP contribution in [0.3, 0.4) is 0 Å². The number of fused-ring (bicyclic) bond motifs is 2. The third-order valence-corrected chi connectivity index (χ3v) is 3.93. The number of aryl methyl sites for hydroxylation is 1. The van der Waals surface area contributed by atoms with Crippen LogP contribution in [-0.2, 0) is 0 Å². The van der Waals surface area contributed by atoms with Crippen molar-refractivity contribution in [1.82, 2.24) is 19.7 Å². The third kappa shape index (κ3) is 2.15. The van der Waals surface area contributed by atoms with E-state index < -0.39 is 0 Å². The molecule has 0 spiro atoms. The van der Waals surface area contributed by atoms with Crippen molar-refractivity contribution in [2.24, 2.45) is 0 Å². The highest BCUT2D eigenvalue weighted by Gasteiger charge is 2.16. The Morgan fingerprint density at radius 1 is 1.17 bits per heavy atom. The van der Waals surface area contributed by atoms with E-state index in [4.69, 9.17) is 4.74 Å². The van der Waals surface area contributed by atoms with Gasteiger partial charge in [-0.25, -0.2) is 0 Å². The highest BCUT2D eigenvalue weighted by Crippen LogP contribution is 2.21. The molecule has 0 unspecified atom stereocenters. The van der Waals surface area contributed by atoms with Gasteiger partial charge in [0.25, 0.3) is 0 Å². The van der Waals surface area contributed by atoms with Crippen LogP contribution in [0, 0.1) is 6.92 Å². The highest BCUT2D eigenvalue weighted by molar-refractivity contribution is 5.92. The van der Waals surface area contributed by atoms with E-state index >= 15 is 0 Å². The Labute approximate surface area is 137 Å². The Hall–Kier alpha value is -3.15. The second-order valence-electron chi connectivity index (χ2n) is 5.49. The van der Waals surface area contributed by atoms with Gasteiger partial charge < -0.3 is 9.72 Å². The maximum absolute atomic E-state index is 12.8. The first kappa shape index (κ1) is 14.4. The zero-order chi connectivity index (χ0) is 16.7. The lowest BCUT2D eigenvalue weighted by molar-refractivity contribution is 0.326. The van der Waals surface area contributed by atoms with Gasteiger partial charge in [0.1, 0.15) is 5.65 Å². The molecule has 0 bridgehead atoms. The fourth-order valence-corrected chi connectivity index (χ4v) is 2.88. The topological polar surface area (TPSA) is 72.8 Å². The summed E-state index contributed by atoms with van der Waals surface area (Å²) in [6, 6.07) is 12.9. The zero-order valence-corrected chi connectivity index (χ0v) is 13.4. The molecule has 0 radical (unpaired) electrons. The maximum Gasteiger partial charge on any atom is 0.215 e. The number of rotatable bonds is 3. The molecule has 3 aromatic heterocycles. The molecule has 0 atom stereocenters. The summed E-state index contributed by atoms with van der Waals surface area (Å²) in [4.78, 5) is 20.6. The molecule has 6 nitrogen and oxygen atoms in total. The van der Waals surface area contributed by atoms with Gasteiger partial charge in [-0.3, -0.25) is 4.79 Å². The molecule has 24 heavy (non-hydrogen) atoms. The number of aromatic amines is 1. The SMILES string of the molecule is CCOc1cccc(-n2nc(C)c3c(=O)c4ccccc4[nH]c32)n1. The van der Waals surface area contributed by atoms with E-state index in [1.165, 1.54) is 0 Å². The minimum absolute atomic E-state index is 0.0240. The molecule has 6 heteroatoms. The van der Waals surface area contributed by atoms with Gasteiger partial charge in [0.2, 0.25) is 11.3 Å². The van der Waals surface area contributed by atoms with Crippen molar-refractivity contribution in [2.75, 3.05) is 6.61 Å². The number of nitrogens with one attached hydrogen (secondary N) is 1. The number of ether oxygens (including phenoxy) is 1. The van der Waals surface area contributed by atoms with Gasteiger partial charge in [-0.05, 0) is 32.0 Å². The summed E-state index contributed by atoms with van der Waals surface area (Å²) < 4.78 is 7.11. The van der Waals surface area contributed by atoms with Crippen molar-refractivity contribution in [3.63, 3.8) is 0 Å². The summed E-state index contributed by atoms with van der Waals surface area (Å²) in [6.07, 6.45) is 0. The van der Waals surface area contributed by atoms with Crippen molar-refractivity contribution < 1.29 is 4.74 Å². The first-order valence-electron chi connectivity index (χ1n) is 7.79. The van der Waals surface area contributed by atoms with Gasteiger partial charge in [-0.1, -0.05) is 18.2 Å². The van der Waals surface area contributed by atoms with Gasteiger partial charge in [0.05, 0.1) is 23.2 Å². The van der Waals surface area contributed by atoms with Crippen molar-refractivity contribution in [3.05, 3.63) is 58.4 Å².